The molecule has 0 amide bonds. The lowest BCUT2D eigenvalue weighted by molar-refractivity contribution is 0.429. The van der Waals surface area contributed by atoms with Gasteiger partial charge in [-0.15, -0.1) is 0 Å². The summed E-state index contributed by atoms with van der Waals surface area (Å²) in [5, 5.41) is 8.34. The van der Waals surface area contributed by atoms with Gasteiger partial charge in [-0.05, 0) is 37.9 Å². The van der Waals surface area contributed by atoms with Gasteiger partial charge in [0.15, 0.2) is 0 Å². The Balaban J connectivity index is 2.18. The topological polar surface area (TPSA) is 29.9 Å². The van der Waals surface area contributed by atoms with Crippen molar-refractivity contribution < 1.29 is 4.39 Å². The molecule has 22 heavy (non-hydrogen) atoms. The van der Waals surface area contributed by atoms with Crippen LogP contribution < -0.4 is 5.32 Å². The van der Waals surface area contributed by atoms with E-state index in [1.165, 1.54) is 17.3 Å². The Morgan fingerprint density at radius 3 is 2.73 bits per heavy atom. The third-order valence-corrected chi connectivity index (χ3v) is 4.57. The van der Waals surface area contributed by atoms with Crippen molar-refractivity contribution >= 4 is 0 Å². The normalized spacial score (nSPS) is 14.9. The first-order valence-electron chi connectivity index (χ1n) is 8.31. The van der Waals surface area contributed by atoms with Crippen molar-refractivity contribution in [3.8, 4) is 11.3 Å². The average molecular weight is 301 g/mol. The second-order valence-corrected chi connectivity index (χ2v) is 5.95. The van der Waals surface area contributed by atoms with E-state index in [4.69, 9.17) is 5.10 Å². The number of fused-ring (bicyclic) bond motifs is 1. The van der Waals surface area contributed by atoms with Crippen LogP contribution in [0.2, 0.25) is 0 Å². The number of nitrogens with one attached hydrogen (secondary N) is 1. The molecule has 0 radical (unpaired) electrons. The Bertz CT molecular complexity index is 644. The maximum atomic E-state index is 13.7. The average Bonchev–Trinajstić information content (AvgIpc) is 2.71. The molecule has 0 atom stereocenters. The summed E-state index contributed by atoms with van der Waals surface area (Å²) < 4.78 is 15.9. The van der Waals surface area contributed by atoms with Crippen molar-refractivity contribution in [2.45, 2.75) is 45.6 Å². The van der Waals surface area contributed by atoms with Crippen LogP contribution in [0.4, 0.5) is 4.39 Å². The summed E-state index contributed by atoms with van der Waals surface area (Å²) in [4.78, 5) is 0. The van der Waals surface area contributed by atoms with Crippen LogP contribution in [0.15, 0.2) is 24.3 Å². The van der Waals surface area contributed by atoms with Gasteiger partial charge in [-0.1, -0.05) is 26.0 Å². The molecule has 0 aliphatic carbocycles. The molecule has 1 aromatic carbocycles. The summed E-state index contributed by atoms with van der Waals surface area (Å²) in [5.74, 6) is -0.185. The summed E-state index contributed by atoms with van der Waals surface area (Å²) in [6, 6.07) is 7.29. The van der Waals surface area contributed by atoms with Crippen LogP contribution in [-0.4, -0.2) is 22.9 Å². The molecule has 3 nitrogen and oxygen atoms in total. The van der Waals surface area contributed by atoms with E-state index < -0.39 is 0 Å². The van der Waals surface area contributed by atoms with Gasteiger partial charge in [-0.25, -0.2) is 4.39 Å². The highest BCUT2D eigenvalue weighted by atomic mass is 19.1. The van der Waals surface area contributed by atoms with Crippen molar-refractivity contribution in [2.75, 3.05) is 13.1 Å². The van der Waals surface area contributed by atoms with Gasteiger partial charge >= 0.3 is 0 Å². The molecule has 4 heteroatoms. The summed E-state index contributed by atoms with van der Waals surface area (Å²) in [6.45, 7) is 6.31. The van der Waals surface area contributed by atoms with Gasteiger partial charge in [-0.2, -0.15) is 5.10 Å². The highest BCUT2D eigenvalue weighted by Crippen LogP contribution is 2.32. The Kier molecular flexibility index (Phi) is 4.57. The smallest absolute Gasteiger partial charge is 0.123 e. The Labute approximate surface area is 131 Å². The minimum atomic E-state index is -0.185. The quantitative estimate of drug-likeness (QED) is 0.932. The Morgan fingerprint density at radius 1 is 1.23 bits per heavy atom. The highest BCUT2D eigenvalue weighted by Gasteiger charge is 2.23. The van der Waals surface area contributed by atoms with Crippen LogP contribution >= 0.6 is 0 Å². The fourth-order valence-corrected chi connectivity index (χ4v) is 3.37. The summed E-state index contributed by atoms with van der Waals surface area (Å²) >= 11 is 0. The van der Waals surface area contributed by atoms with Gasteiger partial charge in [-0.3, -0.25) is 4.68 Å². The van der Waals surface area contributed by atoms with Gasteiger partial charge in [0.25, 0.3) is 0 Å². The molecule has 2 aromatic rings. The van der Waals surface area contributed by atoms with Crippen molar-refractivity contribution in [3.05, 3.63) is 41.3 Å². The first-order chi connectivity index (χ1) is 10.7. The molecule has 1 aromatic heterocycles. The predicted molar refractivity (Wildman–Crippen MR) is 87.5 cm³/mol. The molecule has 0 bridgehead atoms. The molecule has 0 unspecified atom stereocenters. The van der Waals surface area contributed by atoms with Crippen LogP contribution in [0, 0.1) is 5.82 Å². The number of hydrogen-bond donors (Lipinski definition) is 1. The fraction of sp³-hybridized carbons (Fsp3) is 0.500. The summed E-state index contributed by atoms with van der Waals surface area (Å²) in [6.07, 6.45) is 3.99. The summed E-state index contributed by atoms with van der Waals surface area (Å²) in [7, 11) is 0. The zero-order valence-electron chi connectivity index (χ0n) is 13.4. The monoisotopic (exact) mass is 301 g/mol. The third-order valence-electron chi connectivity index (χ3n) is 4.57. The van der Waals surface area contributed by atoms with E-state index in [0.29, 0.717) is 6.04 Å². The largest absolute Gasteiger partial charge is 0.316 e. The molecule has 1 N–H and O–H groups in total. The number of rotatable bonds is 4. The second-order valence-electron chi connectivity index (χ2n) is 5.95. The maximum Gasteiger partial charge on any atom is 0.123 e. The minimum absolute atomic E-state index is 0.185. The van der Waals surface area contributed by atoms with Crippen LogP contribution in [0.3, 0.4) is 0 Å². The number of halogens is 1. The van der Waals surface area contributed by atoms with Crippen molar-refractivity contribution in [1.82, 2.24) is 15.1 Å². The SMILES string of the molecule is CCC(CC)n1nc2c(c1-c1cccc(F)c1)CCNCC2. The van der Waals surface area contributed by atoms with Gasteiger partial charge in [0, 0.05) is 24.1 Å². The van der Waals surface area contributed by atoms with Crippen LogP contribution in [0.1, 0.15) is 44.0 Å². The molecule has 1 aliphatic rings. The molecular formula is C18H24FN3. The zero-order chi connectivity index (χ0) is 15.5. The molecule has 0 spiro atoms. The first kappa shape index (κ1) is 15.2. The number of nitrogens with zero attached hydrogens (tertiary/aromatic N) is 2. The van der Waals surface area contributed by atoms with Gasteiger partial charge in [0.1, 0.15) is 5.82 Å². The standard InChI is InChI=1S/C18H24FN3/c1-3-15(4-2)22-18(13-6-5-7-14(19)12-13)16-8-10-20-11-9-17(16)21-22/h5-7,12,15,20H,3-4,8-11H2,1-2H3. The second kappa shape index (κ2) is 6.61. The Hall–Kier alpha value is -1.68. The van der Waals surface area contributed by atoms with Crippen LogP contribution in [0.25, 0.3) is 11.3 Å². The first-order valence-corrected chi connectivity index (χ1v) is 8.31. The Morgan fingerprint density at radius 2 is 2.00 bits per heavy atom. The van der Waals surface area contributed by atoms with Crippen molar-refractivity contribution in [1.29, 1.82) is 0 Å². The van der Waals surface area contributed by atoms with Crippen molar-refractivity contribution in [3.63, 3.8) is 0 Å². The van der Waals surface area contributed by atoms with E-state index >= 15 is 0 Å². The minimum Gasteiger partial charge on any atom is -0.316 e. The van der Waals surface area contributed by atoms with E-state index in [0.717, 1.165) is 50.0 Å². The molecule has 1 aliphatic heterocycles. The predicted octanol–water partition coefficient (Wildman–Crippen LogP) is 3.74. The van der Waals surface area contributed by atoms with E-state index in [1.54, 1.807) is 12.1 Å². The molecule has 0 saturated heterocycles. The number of hydrogen-bond acceptors (Lipinski definition) is 2. The maximum absolute atomic E-state index is 13.7. The highest BCUT2D eigenvalue weighted by molar-refractivity contribution is 5.65. The summed E-state index contributed by atoms with van der Waals surface area (Å²) in [5.41, 5.74) is 4.54. The van der Waals surface area contributed by atoms with Gasteiger partial charge < -0.3 is 5.32 Å². The van der Waals surface area contributed by atoms with E-state index in [9.17, 15) is 4.39 Å². The molecule has 3 rings (SSSR count). The molecule has 0 fully saturated rings. The third kappa shape index (κ3) is 2.80. The lowest BCUT2D eigenvalue weighted by Gasteiger charge is -2.18. The molecule has 118 valence electrons. The molecule has 2 heterocycles. The lowest BCUT2D eigenvalue weighted by atomic mass is 10.0. The zero-order valence-corrected chi connectivity index (χ0v) is 13.4. The molecule has 0 saturated carbocycles. The number of aromatic nitrogens is 2. The lowest BCUT2D eigenvalue weighted by Crippen LogP contribution is -2.18. The molecular weight excluding hydrogens is 277 g/mol. The van der Waals surface area contributed by atoms with E-state index in [1.807, 2.05) is 6.07 Å². The number of benzene rings is 1. The van der Waals surface area contributed by atoms with Crippen LogP contribution in [0.5, 0.6) is 0 Å². The fourth-order valence-electron chi connectivity index (χ4n) is 3.37. The van der Waals surface area contributed by atoms with Gasteiger partial charge in [0.2, 0.25) is 0 Å². The van der Waals surface area contributed by atoms with E-state index in [-0.39, 0.29) is 5.82 Å². The van der Waals surface area contributed by atoms with Crippen molar-refractivity contribution in [2.24, 2.45) is 0 Å². The van der Waals surface area contributed by atoms with E-state index in [2.05, 4.69) is 23.8 Å². The van der Waals surface area contributed by atoms with Gasteiger partial charge in [0.05, 0.1) is 17.4 Å². The van der Waals surface area contributed by atoms with Crippen LogP contribution in [-0.2, 0) is 12.8 Å².